The molecule has 1 saturated heterocycles. The smallest absolute Gasteiger partial charge is 0.380 e. The molecule has 2 unspecified atom stereocenters. The predicted molar refractivity (Wildman–Crippen MR) is 64.0 cm³/mol. The Morgan fingerprint density at radius 1 is 1.06 bits per heavy atom. The van der Waals surface area contributed by atoms with E-state index < -0.39 is 27.9 Å². The molecule has 6 nitrogen and oxygen atoms in total. The minimum atomic E-state index is -2.60. The van der Waals surface area contributed by atoms with E-state index in [2.05, 4.69) is 6.92 Å². The summed E-state index contributed by atoms with van der Waals surface area (Å²) in [4.78, 5) is 0. The molecule has 16 heavy (non-hydrogen) atoms. The van der Waals surface area contributed by atoms with Crippen LogP contribution >= 0.6 is 0 Å². The number of hydrogen-bond acceptors (Lipinski definition) is 6. The molecule has 1 fully saturated rings. The van der Waals surface area contributed by atoms with Crippen LogP contribution in [0.5, 0.6) is 0 Å². The standard InChI is InChI=1S/C7H20O6Si3/c1-5-6-7-16(10-4)12-14(8-2)11-15(9-3)13-16/h14-15H,5-7H2,1-4H3. The van der Waals surface area contributed by atoms with Gasteiger partial charge in [-0.15, -0.1) is 0 Å². The number of hydrogen-bond donors (Lipinski definition) is 0. The second-order valence-electron chi connectivity index (χ2n) is 3.41. The maximum Gasteiger partial charge on any atom is 0.485 e. The first-order valence-electron chi connectivity index (χ1n) is 5.31. The van der Waals surface area contributed by atoms with E-state index in [4.69, 9.17) is 25.6 Å². The highest BCUT2D eigenvalue weighted by atomic mass is 28.5. The zero-order valence-corrected chi connectivity index (χ0v) is 13.5. The Bertz CT molecular complexity index is 195. The van der Waals surface area contributed by atoms with Gasteiger partial charge in [-0.3, -0.25) is 0 Å². The van der Waals surface area contributed by atoms with Crippen molar-refractivity contribution in [2.45, 2.75) is 25.8 Å². The zero-order valence-electron chi connectivity index (χ0n) is 10.2. The molecule has 2 atom stereocenters. The molecular formula is C7H20O6Si3. The van der Waals surface area contributed by atoms with Crippen LogP contribution in [0.15, 0.2) is 0 Å². The van der Waals surface area contributed by atoms with Gasteiger partial charge >= 0.3 is 27.9 Å². The topological polar surface area (TPSA) is 55.4 Å². The van der Waals surface area contributed by atoms with Gasteiger partial charge in [-0.2, -0.15) is 0 Å². The summed E-state index contributed by atoms with van der Waals surface area (Å²) in [5.74, 6) is 0. The molecule has 0 saturated carbocycles. The van der Waals surface area contributed by atoms with Crippen molar-refractivity contribution in [1.29, 1.82) is 0 Å². The van der Waals surface area contributed by atoms with Gasteiger partial charge in [-0.05, 0) is 6.42 Å². The van der Waals surface area contributed by atoms with Gasteiger partial charge in [-0.25, -0.2) is 0 Å². The molecule has 0 aromatic heterocycles. The Hall–Kier alpha value is 0.411. The van der Waals surface area contributed by atoms with Crippen LogP contribution in [0.25, 0.3) is 0 Å². The lowest BCUT2D eigenvalue weighted by Crippen LogP contribution is -2.60. The normalized spacial score (nSPS) is 35.2. The monoisotopic (exact) mass is 284 g/mol. The fraction of sp³-hybridized carbons (Fsp3) is 1.00. The predicted octanol–water partition coefficient (Wildman–Crippen LogP) is 0.162. The van der Waals surface area contributed by atoms with Crippen LogP contribution in [0.1, 0.15) is 19.8 Å². The quantitative estimate of drug-likeness (QED) is 0.648. The summed E-state index contributed by atoms with van der Waals surface area (Å²) >= 11 is 0. The highest BCUT2D eigenvalue weighted by molar-refractivity contribution is 6.77. The summed E-state index contributed by atoms with van der Waals surface area (Å²) in [5, 5.41) is 0. The average molecular weight is 284 g/mol. The molecule has 0 bridgehead atoms. The van der Waals surface area contributed by atoms with Gasteiger partial charge in [0.25, 0.3) is 0 Å². The largest absolute Gasteiger partial charge is 0.485 e. The van der Waals surface area contributed by atoms with Crippen LogP contribution in [0.4, 0.5) is 0 Å². The third kappa shape index (κ3) is 3.72. The minimum Gasteiger partial charge on any atom is -0.380 e. The highest BCUT2D eigenvalue weighted by Crippen LogP contribution is 2.25. The summed E-state index contributed by atoms with van der Waals surface area (Å²) in [5.41, 5.74) is 0. The van der Waals surface area contributed by atoms with E-state index in [0.717, 1.165) is 18.9 Å². The summed E-state index contributed by atoms with van der Waals surface area (Å²) in [6.07, 6.45) is 2.08. The Morgan fingerprint density at radius 3 is 2.00 bits per heavy atom. The summed E-state index contributed by atoms with van der Waals surface area (Å²) in [6.45, 7) is 2.12. The van der Waals surface area contributed by atoms with Crippen LogP contribution in [0.2, 0.25) is 6.04 Å². The van der Waals surface area contributed by atoms with Crippen molar-refractivity contribution >= 4 is 27.9 Å². The van der Waals surface area contributed by atoms with Gasteiger partial charge in [0.2, 0.25) is 0 Å². The Kier molecular flexibility index (Phi) is 6.31. The first-order valence-corrected chi connectivity index (χ1v) is 10.1. The van der Waals surface area contributed by atoms with E-state index in [1.54, 1.807) is 21.3 Å². The molecule has 0 radical (unpaired) electrons. The third-order valence-electron chi connectivity index (χ3n) is 2.31. The van der Waals surface area contributed by atoms with Crippen molar-refractivity contribution in [3.8, 4) is 0 Å². The minimum absolute atomic E-state index is 0.795. The molecule has 0 amide bonds. The van der Waals surface area contributed by atoms with E-state index in [0.29, 0.717) is 0 Å². The molecule has 1 aliphatic heterocycles. The molecule has 0 spiro atoms. The Labute approximate surface area is 101 Å². The second kappa shape index (κ2) is 6.98. The van der Waals surface area contributed by atoms with E-state index in [9.17, 15) is 0 Å². The van der Waals surface area contributed by atoms with E-state index in [1.165, 1.54) is 0 Å². The van der Waals surface area contributed by atoms with Crippen LogP contribution in [0.3, 0.4) is 0 Å². The lowest BCUT2D eigenvalue weighted by Gasteiger charge is -2.38. The van der Waals surface area contributed by atoms with Crippen molar-refractivity contribution < 1.29 is 25.6 Å². The number of rotatable bonds is 6. The Balaban J connectivity index is 2.65. The summed E-state index contributed by atoms with van der Waals surface area (Å²) in [6, 6.07) is 0.795. The van der Waals surface area contributed by atoms with Crippen molar-refractivity contribution in [2.75, 3.05) is 21.3 Å². The maximum atomic E-state index is 5.75. The lowest BCUT2D eigenvalue weighted by atomic mass is 10.4. The molecule has 0 N–H and O–H groups in total. The van der Waals surface area contributed by atoms with Crippen LogP contribution in [-0.2, 0) is 25.6 Å². The summed E-state index contributed by atoms with van der Waals surface area (Å²) in [7, 11) is -2.05. The van der Waals surface area contributed by atoms with Gasteiger partial charge in [0.15, 0.2) is 0 Å². The molecule has 96 valence electrons. The SMILES string of the molecule is CCCC[Si]1(OC)O[SiH](OC)O[SiH](OC)O1. The van der Waals surface area contributed by atoms with Gasteiger partial charge in [0, 0.05) is 27.4 Å². The second-order valence-corrected chi connectivity index (χ2v) is 10.8. The Morgan fingerprint density at radius 2 is 1.62 bits per heavy atom. The molecule has 0 aromatic rings. The van der Waals surface area contributed by atoms with Crippen molar-refractivity contribution in [3.05, 3.63) is 0 Å². The molecule has 9 heteroatoms. The van der Waals surface area contributed by atoms with Crippen molar-refractivity contribution in [2.24, 2.45) is 0 Å². The van der Waals surface area contributed by atoms with E-state index in [1.807, 2.05) is 0 Å². The molecule has 1 heterocycles. The van der Waals surface area contributed by atoms with Crippen LogP contribution in [-0.4, -0.2) is 49.2 Å². The molecular weight excluding hydrogens is 264 g/mol. The zero-order chi connectivity index (χ0) is 12.0. The van der Waals surface area contributed by atoms with Gasteiger partial charge < -0.3 is 25.6 Å². The average Bonchev–Trinajstić information content (AvgIpc) is 2.35. The molecule has 0 aromatic carbocycles. The first-order chi connectivity index (χ1) is 7.69. The summed E-state index contributed by atoms with van der Waals surface area (Å²) < 4.78 is 32.8. The maximum absolute atomic E-state index is 5.75. The van der Waals surface area contributed by atoms with E-state index >= 15 is 0 Å². The lowest BCUT2D eigenvalue weighted by molar-refractivity contribution is 0.0737. The third-order valence-corrected chi connectivity index (χ3v) is 10.9. The first kappa shape index (κ1) is 14.5. The van der Waals surface area contributed by atoms with Crippen molar-refractivity contribution in [3.63, 3.8) is 0 Å². The fourth-order valence-corrected chi connectivity index (χ4v) is 11.0. The highest BCUT2D eigenvalue weighted by Gasteiger charge is 2.51. The van der Waals surface area contributed by atoms with Gasteiger partial charge in [0.05, 0.1) is 0 Å². The van der Waals surface area contributed by atoms with Crippen LogP contribution in [0, 0.1) is 0 Å². The van der Waals surface area contributed by atoms with Crippen LogP contribution < -0.4 is 0 Å². The number of unbranched alkanes of at least 4 members (excludes halogenated alkanes) is 1. The molecule has 1 aliphatic rings. The molecule has 1 rings (SSSR count). The van der Waals surface area contributed by atoms with E-state index in [-0.39, 0.29) is 0 Å². The van der Waals surface area contributed by atoms with Gasteiger partial charge in [0.1, 0.15) is 0 Å². The van der Waals surface area contributed by atoms with Gasteiger partial charge in [-0.1, -0.05) is 13.3 Å². The fourth-order valence-electron chi connectivity index (χ4n) is 1.38. The van der Waals surface area contributed by atoms with Crippen molar-refractivity contribution in [1.82, 2.24) is 0 Å². The molecule has 0 aliphatic carbocycles.